The first-order valence-corrected chi connectivity index (χ1v) is 4.19. The third-order valence-electron chi connectivity index (χ3n) is 1.58. The molecule has 6 heteroatoms. The number of aldehydes is 1. The molecule has 0 aliphatic carbocycles. The fourth-order valence-electron chi connectivity index (χ4n) is 0.911. The summed E-state index contributed by atoms with van der Waals surface area (Å²) in [5.41, 5.74) is -0.708. The van der Waals surface area contributed by atoms with Gasteiger partial charge in [0.2, 0.25) is 5.82 Å². The second-order valence-corrected chi connectivity index (χ2v) is 3.11. The van der Waals surface area contributed by atoms with Crippen molar-refractivity contribution in [2.75, 3.05) is 7.11 Å². The van der Waals surface area contributed by atoms with Gasteiger partial charge in [0.1, 0.15) is 0 Å². The summed E-state index contributed by atoms with van der Waals surface area (Å²) >= 11 is 2.62. The third kappa shape index (κ3) is 1.50. The molecule has 0 aromatic heterocycles. The molecule has 0 heterocycles. The molecule has 0 aliphatic heterocycles. The zero-order valence-electron chi connectivity index (χ0n) is 6.91. The molecule has 0 spiro atoms. The average Bonchev–Trinajstić information content (AvgIpc) is 2.17. The Bertz CT molecular complexity index is 364. The van der Waals surface area contributed by atoms with Crippen molar-refractivity contribution in [3.05, 3.63) is 27.5 Å². The van der Waals surface area contributed by atoms with Crippen LogP contribution >= 0.6 is 15.9 Å². The molecule has 1 rings (SSSR count). The summed E-state index contributed by atoms with van der Waals surface area (Å²) < 4.78 is 43.0. The number of methoxy groups -OCH3 is 1. The lowest BCUT2D eigenvalue weighted by molar-refractivity contribution is 0.111. The lowest BCUT2D eigenvalue weighted by atomic mass is 10.2. The molecule has 0 fully saturated rings. The van der Waals surface area contributed by atoms with Crippen LogP contribution in [0.1, 0.15) is 10.4 Å². The molecule has 0 radical (unpaired) electrons. The molecule has 14 heavy (non-hydrogen) atoms. The van der Waals surface area contributed by atoms with Gasteiger partial charge in [-0.2, -0.15) is 4.39 Å². The van der Waals surface area contributed by atoms with Crippen molar-refractivity contribution >= 4 is 22.2 Å². The minimum absolute atomic E-state index is 0.0189. The van der Waals surface area contributed by atoms with E-state index in [1.54, 1.807) is 0 Å². The molecule has 0 saturated heterocycles. The zero-order chi connectivity index (χ0) is 10.9. The van der Waals surface area contributed by atoms with Gasteiger partial charge in [-0.3, -0.25) is 4.79 Å². The molecule has 0 saturated carbocycles. The second kappa shape index (κ2) is 4.00. The van der Waals surface area contributed by atoms with Crippen LogP contribution in [-0.4, -0.2) is 13.4 Å². The van der Waals surface area contributed by atoms with E-state index in [0.717, 1.165) is 7.11 Å². The number of hydrogen-bond acceptors (Lipinski definition) is 2. The van der Waals surface area contributed by atoms with E-state index >= 15 is 0 Å². The van der Waals surface area contributed by atoms with Gasteiger partial charge in [0.05, 0.1) is 17.1 Å². The number of carbonyl (C=O) groups excluding carboxylic acids is 1. The highest BCUT2D eigenvalue weighted by Crippen LogP contribution is 2.33. The van der Waals surface area contributed by atoms with Gasteiger partial charge in [0.15, 0.2) is 23.7 Å². The molecule has 0 N–H and O–H groups in total. The first-order valence-electron chi connectivity index (χ1n) is 3.39. The molecule has 0 atom stereocenters. The van der Waals surface area contributed by atoms with E-state index in [9.17, 15) is 18.0 Å². The van der Waals surface area contributed by atoms with Crippen LogP contribution in [0, 0.1) is 17.5 Å². The van der Waals surface area contributed by atoms with E-state index in [-0.39, 0.29) is 6.29 Å². The Morgan fingerprint density at radius 3 is 2.21 bits per heavy atom. The summed E-state index contributed by atoms with van der Waals surface area (Å²) in [5, 5.41) is 0. The first-order chi connectivity index (χ1) is 6.54. The summed E-state index contributed by atoms with van der Waals surface area (Å²) in [6.45, 7) is 0. The van der Waals surface area contributed by atoms with Gasteiger partial charge in [0, 0.05) is 0 Å². The monoisotopic (exact) mass is 268 g/mol. The molecular formula is C8H4BrF3O2. The van der Waals surface area contributed by atoms with Gasteiger partial charge in [-0.05, 0) is 15.9 Å². The van der Waals surface area contributed by atoms with Gasteiger partial charge in [-0.15, -0.1) is 0 Å². The Balaban J connectivity index is 3.63. The second-order valence-electron chi connectivity index (χ2n) is 2.32. The molecule has 0 unspecified atom stereocenters. The highest BCUT2D eigenvalue weighted by atomic mass is 79.9. The molecule has 1 aromatic rings. The minimum Gasteiger partial charge on any atom is -0.491 e. The van der Waals surface area contributed by atoms with Crippen molar-refractivity contribution in [1.82, 2.24) is 0 Å². The maximum absolute atomic E-state index is 13.2. The molecule has 0 bridgehead atoms. The van der Waals surface area contributed by atoms with Crippen LogP contribution in [0.2, 0.25) is 0 Å². The smallest absolute Gasteiger partial charge is 0.204 e. The highest BCUT2D eigenvalue weighted by molar-refractivity contribution is 9.10. The molecule has 2 nitrogen and oxygen atoms in total. The maximum atomic E-state index is 13.2. The SMILES string of the molecule is COc1c(F)c(F)c(C=O)c(Br)c1F. The number of carbonyl (C=O) groups is 1. The number of rotatable bonds is 2. The molecule has 0 aliphatic rings. The van der Waals surface area contributed by atoms with E-state index in [2.05, 4.69) is 20.7 Å². The largest absolute Gasteiger partial charge is 0.491 e. The molecular weight excluding hydrogens is 265 g/mol. The van der Waals surface area contributed by atoms with Gasteiger partial charge in [0.25, 0.3) is 0 Å². The Labute approximate surface area is 85.8 Å². The van der Waals surface area contributed by atoms with E-state index in [0.29, 0.717) is 0 Å². The highest BCUT2D eigenvalue weighted by Gasteiger charge is 2.23. The maximum Gasteiger partial charge on any atom is 0.204 e. The third-order valence-corrected chi connectivity index (χ3v) is 2.35. The lowest BCUT2D eigenvalue weighted by Gasteiger charge is -2.07. The van der Waals surface area contributed by atoms with E-state index in [4.69, 9.17) is 0 Å². The van der Waals surface area contributed by atoms with Gasteiger partial charge < -0.3 is 4.74 Å². The minimum atomic E-state index is -1.52. The van der Waals surface area contributed by atoms with Crippen LogP contribution in [0.3, 0.4) is 0 Å². The first kappa shape index (κ1) is 11.0. The van der Waals surface area contributed by atoms with Crippen molar-refractivity contribution in [2.24, 2.45) is 0 Å². The topological polar surface area (TPSA) is 26.3 Å². The summed E-state index contributed by atoms with van der Waals surface area (Å²) in [6, 6.07) is 0. The fraction of sp³-hybridized carbons (Fsp3) is 0.125. The number of halogens is 4. The lowest BCUT2D eigenvalue weighted by Crippen LogP contribution is -2.02. The predicted octanol–water partition coefficient (Wildman–Crippen LogP) is 2.69. The van der Waals surface area contributed by atoms with Gasteiger partial charge in [-0.25, -0.2) is 8.78 Å². The average molecular weight is 269 g/mol. The van der Waals surface area contributed by atoms with Crippen molar-refractivity contribution in [3.8, 4) is 5.75 Å². The number of hydrogen-bond donors (Lipinski definition) is 0. The zero-order valence-corrected chi connectivity index (χ0v) is 8.49. The summed E-state index contributed by atoms with van der Waals surface area (Å²) in [6.07, 6.45) is 0.0189. The normalized spacial score (nSPS) is 10.1. The Morgan fingerprint density at radius 1 is 1.21 bits per heavy atom. The van der Waals surface area contributed by atoms with Crippen molar-refractivity contribution in [1.29, 1.82) is 0 Å². The predicted molar refractivity (Wildman–Crippen MR) is 46.0 cm³/mol. The van der Waals surface area contributed by atoms with Crippen LogP contribution < -0.4 is 4.74 Å². The standard InChI is InChI=1S/C8H4BrF3O2/c1-14-8-6(11)4(9)3(2-13)5(10)7(8)12/h2H,1H3. The molecule has 1 aromatic carbocycles. The molecule has 76 valence electrons. The fourth-order valence-corrected chi connectivity index (χ4v) is 1.36. The Kier molecular flexibility index (Phi) is 3.15. The number of ether oxygens (including phenoxy) is 1. The van der Waals surface area contributed by atoms with Crippen LogP contribution in [0.4, 0.5) is 13.2 Å². The van der Waals surface area contributed by atoms with Gasteiger partial charge >= 0.3 is 0 Å². The van der Waals surface area contributed by atoms with Crippen LogP contribution in [-0.2, 0) is 0 Å². The van der Waals surface area contributed by atoms with E-state index < -0.39 is 33.2 Å². The van der Waals surface area contributed by atoms with Crippen molar-refractivity contribution < 1.29 is 22.7 Å². The summed E-state index contributed by atoms with van der Waals surface area (Å²) in [5.74, 6) is -4.96. The summed E-state index contributed by atoms with van der Waals surface area (Å²) in [4.78, 5) is 10.3. The van der Waals surface area contributed by atoms with E-state index in [1.165, 1.54) is 0 Å². The quantitative estimate of drug-likeness (QED) is 0.609. The van der Waals surface area contributed by atoms with Crippen molar-refractivity contribution in [2.45, 2.75) is 0 Å². The van der Waals surface area contributed by atoms with E-state index in [1.807, 2.05) is 0 Å². The Hall–Kier alpha value is -1.04. The summed E-state index contributed by atoms with van der Waals surface area (Å²) in [7, 11) is 0.994. The van der Waals surface area contributed by atoms with Crippen LogP contribution in [0.15, 0.2) is 4.47 Å². The number of benzene rings is 1. The molecule has 0 amide bonds. The Morgan fingerprint density at radius 2 is 1.79 bits per heavy atom. The van der Waals surface area contributed by atoms with Crippen molar-refractivity contribution in [3.63, 3.8) is 0 Å². The van der Waals surface area contributed by atoms with Gasteiger partial charge in [-0.1, -0.05) is 0 Å². The van der Waals surface area contributed by atoms with Crippen LogP contribution in [0.25, 0.3) is 0 Å². The van der Waals surface area contributed by atoms with Crippen LogP contribution in [0.5, 0.6) is 5.75 Å².